The van der Waals surface area contributed by atoms with Gasteiger partial charge in [-0.2, -0.15) is 0 Å². The molecular weight excluding hydrogens is 228 g/mol. The molecule has 2 aliphatic rings. The maximum absolute atomic E-state index is 9.91. The highest BCUT2D eigenvalue weighted by Crippen LogP contribution is 2.35. The normalized spacial score (nSPS) is 21.2. The number of aryl methyl sites for hydroxylation is 1. The standard InChI is InChI=1S/C15H20O3/c16-13(15(17)11-3-4-11)5-1-10-2-6-14-12(9-10)7-8-18-14/h2,6,9,11,13,15-17H,1,3-5,7-8H2. The van der Waals surface area contributed by atoms with E-state index >= 15 is 0 Å². The lowest BCUT2D eigenvalue weighted by Gasteiger charge is -2.17. The van der Waals surface area contributed by atoms with Gasteiger partial charge in [-0.25, -0.2) is 0 Å². The van der Waals surface area contributed by atoms with Crippen LogP contribution in [0.2, 0.25) is 0 Å². The molecule has 0 bridgehead atoms. The summed E-state index contributed by atoms with van der Waals surface area (Å²) in [7, 11) is 0. The molecule has 0 spiro atoms. The number of fused-ring (bicyclic) bond motifs is 1. The van der Waals surface area contributed by atoms with Crippen molar-refractivity contribution < 1.29 is 14.9 Å². The van der Waals surface area contributed by atoms with E-state index in [1.54, 1.807) is 0 Å². The summed E-state index contributed by atoms with van der Waals surface area (Å²) < 4.78 is 5.47. The number of hydrogen-bond donors (Lipinski definition) is 2. The van der Waals surface area contributed by atoms with Crippen molar-refractivity contribution in [3.05, 3.63) is 29.3 Å². The summed E-state index contributed by atoms with van der Waals surface area (Å²) in [6, 6.07) is 6.24. The van der Waals surface area contributed by atoms with Gasteiger partial charge in [0.05, 0.1) is 18.8 Å². The van der Waals surface area contributed by atoms with E-state index in [4.69, 9.17) is 4.74 Å². The minimum Gasteiger partial charge on any atom is -0.493 e. The van der Waals surface area contributed by atoms with Crippen LogP contribution in [0.25, 0.3) is 0 Å². The summed E-state index contributed by atoms with van der Waals surface area (Å²) in [5, 5.41) is 19.7. The SMILES string of the molecule is OC(CCc1ccc2c(c1)CCO2)C(O)C1CC1. The first-order valence-corrected chi connectivity index (χ1v) is 6.85. The third kappa shape index (κ3) is 2.52. The van der Waals surface area contributed by atoms with Gasteiger partial charge < -0.3 is 14.9 Å². The van der Waals surface area contributed by atoms with Gasteiger partial charge in [-0.1, -0.05) is 12.1 Å². The van der Waals surface area contributed by atoms with Crippen LogP contribution in [0.15, 0.2) is 18.2 Å². The molecule has 0 radical (unpaired) electrons. The van der Waals surface area contributed by atoms with Gasteiger partial charge in [-0.15, -0.1) is 0 Å². The van der Waals surface area contributed by atoms with Crippen LogP contribution in [-0.4, -0.2) is 29.0 Å². The van der Waals surface area contributed by atoms with Gasteiger partial charge in [0, 0.05) is 6.42 Å². The van der Waals surface area contributed by atoms with Gasteiger partial charge in [0.1, 0.15) is 5.75 Å². The second kappa shape index (κ2) is 4.90. The zero-order valence-electron chi connectivity index (χ0n) is 10.5. The molecule has 3 rings (SSSR count). The number of aliphatic hydroxyl groups excluding tert-OH is 2. The molecule has 1 aromatic carbocycles. The zero-order valence-corrected chi connectivity index (χ0v) is 10.5. The monoisotopic (exact) mass is 248 g/mol. The lowest BCUT2D eigenvalue weighted by molar-refractivity contribution is 0.00188. The molecule has 3 nitrogen and oxygen atoms in total. The Bertz CT molecular complexity index is 426. The van der Waals surface area contributed by atoms with E-state index in [2.05, 4.69) is 12.1 Å². The molecule has 1 aliphatic heterocycles. The first-order valence-electron chi connectivity index (χ1n) is 6.85. The Morgan fingerprint density at radius 2 is 2.11 bits per heavy atom. The van der Waals surface area contributed by atoms with Crippen LogP contribution in [0.4, 0.5) is 0 Å². The van der Waals surface area contributed by atoms with Crippen molar-refractivity contribution in [2.24, 2.45) is 5.92 Å². The van der Waals surface area contributed by atoms with Gasteiger partial charge in [-0.3, -0.25) is 0 Å². The van der Waals surface area contributed by atoms with Crippen LogP contribution in [0.1, 0.15) is 30.4 Å². The summed E-state index contributed by atoms with van der Waals surface area (Å²) in [5.74, 6) is 1.34. The van der Waals surface area contributed by atoms with Gasteiger partial charge in [-0.05, 0) is 48.8 Å². The predicted octanol–water partition coefficient (Wildman–Crippen LogP) is 1.69. The molecule has 1 aliphatic carbocycles. The third-order valence-electron chi connectivity index (χ3n) is 3.98. The van der Waals surface area contributed by atoms with Crippen molar-refractivity contribution in [2.45, 2.75) is 44.3 Å². The highest BCUT2D eigenvalue weighted by molar-refractivity contribution is 5.39. The van der Waals surface area contributed by atoms with Crippen molar-refractivity contribution in [1.29, 1.82) is 0 Å². The quantitative estimate of drug-likeness (QED) is 0.833. The van der Waals surface area contributed by atoms with E-state index in [-0.39, 0.29) is 0 Å². The third-order valence-corrected chi connectivity index (χ3v) is 3.98. The molecule has 98 valence electrons. The molecule has 1 fully saturated rings. The van der Waals surface area contributed by atoms with E-state index in [9.17, 15) is 10.2 Å². The summed E-state index contributed by atoms with van der Waals surface area (Å²) in [4.78, 5) is 0. The summed E-state index contributed by atoms with van der Waals surface area (Å²) in [5.41, 5.74) is 2.49. The second-order valence-electron chi connectivity index (χ2n) is 5.47. The second-order valence-corrected chi connectivity index (χ2v) is 5.47. The Balaban J connectivity index is 1.56. The summed E-state index contributed by atoms with van der Waals surface area (Å²) in [6.45, 7) is 0.780. The highest BCUT2D eigenvalue weighted by Gasteiger charge is 2.34. The first-order chi connectivity index (χ1) is 8.74. The largest absolute Gasteiger partial charge is 0.493 e. The Kier molecular flexibility index (Phi) is 3.27. The molecule has 0 aromatic heterocycles. The maximum Gasteiger partial charge on any atom is 0.122 e. The molecule has 1 aromatic rings. The van der Waals surface area contributed by atoms with Crippen molar-refractivity contribution in [2.75, 3.05) is 6.61 Å². The average molecular weight is 248 g/mol. The number of aliphatic hydroxyl groups is 2. The fraction of sp³-hybridized carbons (Fsp3) is 0.600. The predicted molar refractivity (Wildman–Crippen MR) is 68.7 cm³/mol. The van der Waals surface area contributed by atoms with Gasteiger partial charge in [0.25, 0.3) is 0 Å². The van der Waals surface area contributed by atoms with Crippen LogP contribution in [0.3, 0.4) is 0 Å². The lowest BCUT2D eigenvalue weighted by atomic mass is 9.99. The Labute approximate surface area is 107 Å². The van der Waals surface area contributed by atoms with Crippen molar-refractivity contribution in [3.8, 4) is 5.75 Å². The van der Waals surface area contributed by atoms with Crippen molar-refractivity contribution in [1.82, 2.24) is 0 Å². The minimum absolute atomic E-state index is 0.341. The molecule has 0 saturated heterocycles. The number of hydrogen-bond acceptors (Lipinski definition) is 3. The van der Waals surface area contributed by atoms with Crippen LogP contribution < -0.4 is 4.74 Å². The fourth-order valence-electron chi connectivity index (χ4n) is 2.63. The van der Waals surface area contributed by atoms with E-state index in [1.807, 2.05) is 6.07 Å². The Morgan fingerprint density at radius 3 is 2.89 bits per heavy atom. The van der Waals surface area contributed by atoms with E-state index in [0.29, 0.717) is 12.3 Å². The van der Waals surface area contributed by atoms with Crippen molar-refractivity contribution >= 4 is 0 Å². The molecule has 0 amide bonds. The number of ether oxygens (including phenoxy) is 1. The van der Waals surface area contributed by atoms with Crippen LogP contribution >= 0.6 is 0 Å². The minimum atomic E-state index is -0.581. The van der Waals surface area contributed by atoms with Gasteiger partial charge >= 0.3 is 0 Å². The summed E-state index contributed by atoms with van der Waals surface area (Å²) >= 11 is 0. The molecule has 1 saturated carbocycles. The van der Waals surface area contributed by atoms with Crippen molar-refractivity contribution in [3.63, 3.8) is 0 Å². The van der Waals surface area contributed by atoms with Crippen LogP contribution in [0, 0.1) is 5.92 Å². The molecule has 3 heteroatoms. The highest BCUT2D eigenvalue weighted by atomic mass is 16.5. The van der Waals surface area contributed by atoms with Gasteiger partial charge in [0.15, 0.2) is 0 Å². The fourth-order valence-corrected chi connectivity index (χ4v) is 2.63. The maximum atomic E-state index is 9.91. The smallest absolute Gasteiger partial charge is 0.122 e. The van der Waals surface area contributed by atoms with Crippen LogP contribution in [0.5, 0.6) is 5.75 Å². The molecule has 2 unspecified atom stereocenters. The average Bonchev–Trinajstić information content (AvgIpc) is 3.13. The summed E-state index contributed by atoms with van der Waals surface area (Å²) in [6.07, 6.45) is 3.46. The number of rotatable bonds is 5. The Hall–Kier alpha value is -1.06. The number of benzene rings is 1. The van der Waals surface area contributed by atoms with Crippen LogP contribution in [-0.2, 0) is 12.8 Å². The topological polar surface area (TPSA) is 49.7 Å². The molecular formula is C15H20O3. The van der Waals surface area contributed by atoms with E-state index in [1.165, 1.54) is 11.1 Å². The molecule has 1 heterocycles. The lowest BCUT2D eigenvalue weighted by Crippen LogP contribution is -2.28. The molecule has 18 heavy (non-hydrogen) atoms. The first kappa shape index (κ1) is 12.0. The van der Waals surface area contributed by atoms with E-state index in [0.717, 1.165) is 38.0 Å². The van der Waals surface area contributed by atoms with Gasteiger partial charge in [0.2, 0.25) is 0 Å². The zero-order chi connectivity index (χ0) is 12.5. The molecule has 2 N–H and O–H groups in total. The Morgan fingerprint density at radius 1 is 1.28 bits per heavy atom. The molecule has 2 atom stereocenters. The van der Waals surface area contributed by atoms with E-state index < -0.39 is 12.2 Å².